The number of hydrogen-bond donors (Lipinski definition) is 0. The molecule has 4 heterocycles. The molecule has 1 atom stereocenters. The number of aryl methyl sites for hydroxylation is 2. The zero-order chi connectivity index (χ0) is 18.8. The van der Waals surface area contributed by atoms with Gasteiger partial charge in [-0.15, -0.1) is 0 Å². The van der Waals surface area contributed by atoms with Crippen LogP contribution in [0.5, 0.6) is 0 Å². The van der Waals surface area contributed by atoms with Gasteiger partial charge in [-0.05, 0) is 26.3 Å². The van der Waals surface area contributed by atoms with Crippen LogP contribution in [-0.4, -0.2) is 72.5 Å². The van der Waals surface area contributed by atoms with Gasteiger partial charge in [0.05, 0.1) is 18.9 Å². The van der Waals surface area contributed by atoms with Gasteiger partial charge in [-0.2, -0.15) is 4.98 Å². The van der Waals surface area contributed by atoms with Gasteiger partial charge in [0, 0.05) is 57.6 Å². The quantitative estimate of drug-likeness (QED) is 0.784. The molecule has 0 aliphatic carbocycles. The number of nitrogens with zero attached hydrogens (tertiary/aromatic N) is 6. The van der Waals surface area contributed by atoms with E-state index in [4.69, 9.17) is 14.2 Å². The summed E-state index contributed by atoms with van der Waals surface area (Å²) in [6.45, 7) is 10.2. The molecule has 0 amide bonds. The van der Waals surface area contributed by atoms with Crippen molar-refractivity contribution in [2.24, 2.45) is 0 Å². The van der Waals surface area contributed by atoms with Crippen LogP contribution < -0.4 is 9.80 Å². The number of ether oxygens (including phenoxy) is 1. The van der Waals surface area contributed by atoms with Crippen LogP contribution in [0.2, 0.25) is 0 Å². The van der Waals surface area contributed by atoms with Crippen LogP contribution in [0.3, 0.4) is 0 Å². The lowest BCUT2D eigenvalue weighted by atomic mass is 10.2. The second-order valence-corrected chi connectivity index (χ2v) is 7.41. The Balaban J connectivity index is 1.40. The van der Waals surface area contributed by atoms with E-state index in [2.05, 4.69) is 31.9 Å². The fourth-order valence-electron chi connectivity index (χ4n) is 3.86. The predicted octanol–water partition coefficient (Wildman–Crippen LogP) is 1.63. The second-order valence-electron chi connectivity index (χ2n) is 7.41. The minimum atomic E-state index is 0.443. The fourth-order valence-corrected chi connectivity index (χ4v) is 3.86. The molecule has 2 aliphatic rings. The number of rotatable bonds is 5. The monoisotopic (exact) mass is 372 g/mol. The summed E-state index contributed by atoms with van der Waals surface area (Å²) in [6, 6.07) is 2.44. The maximum Gasteiger partial charge on any atom is 0.227 e. The normalized spacial score (nSPS) is 21.0. The number of morpholine rings is 1. The summed E-state index contributed by atoms with van der Waals surface area (Å²) in [5.41, 5.74) is 2.21. The molecule has 0 spiro atoms. The Morgan fingerprint density at radius 1 is 1.22 bits per heavy atom. The minimum Gasteiger partial charge on any atom is -0.378 e. The zero-order valence-corrected chi connectivity index (χ0v) is 16.4. The van der Waals surface area contributed by atoms with Gasteiger partial charge in [-0.25, -0.2) is 4.98 Å². The summed E-state index contributed by atoms with van der Waals surface area (Å²) in [5.74, 6) is 2.71. The summed E-state index contributed by atoms with van der Waals surface area (Å²) in [6.07, 6.45) is 2.98. The molecule has 146 valence electrons. The number of hydrogen-bond acceptors (Lipinski definition) is 8. The molecule has 2 aromatic heterocycles. The highest BCUT2D eigenvalue weighted by Gasteiger charge is 2.28. The van der Waals surface area contributed by atoms with Crippen LogP contribution in [-0.2, 0) is 11.3 Å². The highest BCUT2D eigenvalue weighted by atomic mass is 16.5. The largest absolute Gasteiger partial charge is 0.378 e. The van der Waals surface area contributed by atoms with E-state index in [1.54, 1.807) is 0 Å². The molecule has 2 aromatic rings. The van der Waals surface area contributed by atoms with Crippen LogP contribution in [0, 0.1) is 13.8 Å². The Morgan fingerprint density at radius 2 is 2.04 bits per heavy atom. The number of likely N-dealkylation sites (N-methyl/N-ethyl adjacent to an activating group) is 1. The molecule has 8 nitrogen and oxygen atoms in total. The van der Waals surface area contributed by atoms with E-state index in [1.165, 1.54) is 5.56 Å². The van der Waals surface area contributed by atoms with Crippen LogP contribution >= 0.6 is 0 Å². The van der Waals surface area contributed by atoms with Crippen molar-refractivity contribution in [3.05, 3.63) is 29.3 Å². The Bertz CT molecular complexity index is 754. The molecule has 0 aromatic carbocycles. The third kappa shape index (κ3) is 3.91. The Kier molecular flexibility index (Phi) is 5.27. The van der Waals surface area contributed by atoms with E-state index in [0.29, 0.717) is 6.04 Å². The third-order valence-electron chi connectivity index (χ3n) is 5.64. The molecule has 0 radical (unpaired) electrons. The van der Waals surface area contributed by atoms with Gasteiger partial charge in [0.1, 0.15) is 11.6 Å². The molecule has 0 bridgehead atoms. The van der Waals surface area contributed by atoms with Crippen LogP contribution in [0.15, 0.2) is 16.8 Å². The summed E-state index contributed by atoms with van der Waals surface area (Å²) in [7, 11) is 2.13. The van der Waals surface area contributed by atoms with Crippen LogP contribution in [0.25, 0.3) is 0 Å². The van der Waals surface area contributed by atoms with E-state index < -0.39 is 0 Å². The first kappa shape index (κ1) is 18.2. The van der Waals surface area contributed by atoms with Gasteiger partial charge < -0.3 is 19.1 Å². The first-order valence-electron chi connectivity index (χ1n) is 9.64. The maximum absolute atomic E-state index is 5.43. The predicted molar refractivity (Wildman–Crippen MR) is 103 cm³/mol. The summed E-state index contributed by atoms with van der Waals surface area (Å²) in [4.78, 5) is 16.2. The second kappa shape index (κ2) is 7.82. The Labute approximate surface area is 160 Å². The van der Waals surface area contributed by atoms with Crippen molar-refractivity contribution in [2.45, 2.75) is 32.9 Å². The first-order chi connectivity index (χ1) is 13.1. The molecule has 0 saturated carbocycles. The summed E-state index contributed by atoms with van der Waals surface area (Å²) >= 11 is 0. The van der Waals surface area contributed by atoms with Crippen molar-refractivity contribution in [3.8, 4) is 0 Å². The molecule has 8 heteroatoms. The lowest BCUT2D eigenvalue weighted by Crippen LogP contribution is -2.38. The standard InChI is InChI=1S/C19H28N6O2/c1-14-17(15(2)27-22-14)13-24-7-5-16(12-24)23(3)18-4-6-20-19(21-18)25-8-10-26-11-9-25/h4,6,16H,5,7-13H2,1-3H3. The molecular formula is C19H28N6O2. The summed E-state index contributed by atoms with van der Waals surface area (Å²) in [5, 5.41) is 4.07. The van der Waals surface area contributed by atoms with Crippen molar-refractivity contribution < 1.29 is 9.26 Å². The molecular weight excluding hydrogens is 344 g/mol. The SMILES string of the molecule is Cc1noc(C)c1CN1CCC(N(C)c2ccnc(N3CCOCC3)n2)C1. The number of anilines is 2. The van der Waals surface area contributed by atoms with Crippen LogP contribution in [0.4, 0.5) is 11.8 Å². The third-order valence-corrected chi connectivity index (χ3v) is 5.64. The topological polar surface area (TPSA) is 70.8 Å². The molecule has 27 heavy (non-hydrogen) atoms. The molecule has 4 rings (SSSR count). The van der Waals surface area contributed by atoms with Crippen molar-refractivity contribution in [3.63, 3.8) is 0 Å². The zero-order valence-electron chi connectivity index (χ0n) is 16.4. The number of likely N-dealkylation sites (tertiary alicyclic amines) is 1. The maximum atomic E-state index is 5.43. The smallest absolute Gasteiger partial charge is 0.227 e. The Hall–Kier alpha value is -2.19. The molecule has 2 aliphatic heterocycles. The van der Waals surface area contributed by atoms with Gasteiger partial charge in [-0.3, -0.25) is 4.90 Å². The van der Waals surface area contributed by atoms with E-state index in [9.17, 15) is 0 Å². The highest BCUT2D eigenvalue weighted by molar-refractivity contribution is 5.44. The van der Waals surface area contributed by atoms with E-state index >= 15 is 0 Å². The first-order valence-corrected chi connectivity index (χ1v) is 9.64. The lowest BCUT2D eigenvalue weighted by molar-refractivity contribution is 0.122. The lowest BCUT2D eigenvalue weighted by Gasteiger charge is -2.29. The molecule has 0 N–H and O–H groups in total. The van der Waals surface area contributed by atoms with Gasteiger partial charge in [0.15, 0.2) is 0 Å². The van der Waals surface area contributed by atoms with Gasteiger partial charge in [0.2, 0.25) is 5.95 Å². The molecule has 2 fully saturated rings. The average molecular weight is 372 g/mol. The fraction of sp³-hybridized carbons (Fsp3) is 0.632. The van der Waals surface area contributed by atoms with E-state index in [1.807, 2.05) is 26.1 Å². The van der Waals surface area contributed by atoms with Crippen molar-refractivity contribution in [2.75, 3.05) is 56.2 Å². The van der Waals surface area contributed by atoms with Crippen molar-refractivity contribution in [1.29, 1.82) is 0 Å². The number of aromatic nitrogens is 3. The average Bonchev–Trinajstić information content (AvgIpc) is 3.30. The summed E-state index contributed by atoms with van der Waals surface area (Å²) < 4.78 is 10.7. The van der Waals surface area contributed by atoms with Crippen LogP contribution in [0.1, 0.15) is 23.4 Å². The van der Waals surface area contributed by atoms with Crippen molar-refractivity contribution >= 4 is 11.8 Å². The van der Waals surface area contributed by atoms with Gasteiger partial charge >= 0.3 is 0 Å². The van der Waals surface area contributed by atoms with E-state index in [-0.39, 0.29) is 0 Å². The van der Waals surface area contributed by atoms with Gasteiger partial charge in [-0.1, -0.05) is 5.16 Å². The highest BCUT2D eigenvalue weighted by Crippen LogP contribution is 2.24. The van der Waals surface area contributed by atoms with E-state index in [0.717, 1.165) is 75.6 Å². The minimum absolute atomic E-state index is 0.443. The van der Waals surface area contributed by atoms with Crippen molar-refractivity contribution in [1.82, 2.24) is 20.0 Å². The molecule has 2 saturated heterocycles. The molecule has 1 unspecified atom stereocenters. The Morgan fingerprint density at radius 3 is 2.78 bits per heavy atom. The van der Waals surface area contributed by atoms with Gasteiger partial charge in [0.25, 0.3) is 0 Å².